The van der Waals surface area contributed by atoms with Gasteiger partial charge in [-0.05, 0) is 48.9 Å². The van der Waals surface area contributed by atoms with Gasteiger partial charge in [0.25, 0.3) is 5.91 Å². The van der Waals surface area contributed by atoms with Gasteiger partial charge in [0.1, 0.15) is 17.9 Å². The number of benzene rings is 2. The van der Waals surface area contributed by atoms with Crippen LogP contribution in [0.2, 0.25) is 0 Å². The Hall–Kier alpha value is -3.42. The Morgan fingerprint density at radius 1 is 1.16 bits per heavy atom. The van der Waals surface area contributed by atoms with E-state index in [0.29, 0.717) is 16.9 Å². The third-order valence-electron chi connectivity index (χ3n) is 5.03. The Morgan fingerprint density at radius 3 is 2.45 bits per heavy atom. The van der Waals surface area contributed by atoms with E-state index in [-0.39, 0.29) is 18.0 Å². The first-order valence-electron chi connectivity index (χ1n) is 9.40. The van der Waals surface area contributed by atoms with Crippen LogP contribution in [0, 0.1) is 11.3 Å². The predicted molar refractivity (Wildman–Crippen MR) is 112 cm³/mol. The predicted octanol–water partition coefficient (Wildman–Crippen LogP) is 1.65. The smallest absolute Gasteiger partial charge is 0.325 e. The average molecular weight is 442 g/mol. The molecule has 10 heteroatoms. The Morgan fingerprint density at radius 2 is 1.84 bits per heavy atom. The summed E-state index contributed by atoms with van der Waals surface area (Å²) in [7, 11) is -0.641. The zero-order valence-corrected chi connectivity index (χ0v) is 18.1. The lowest BCUT2D eigenvalue weighted by Gasteiger charge is -2.22. The first kappa shape index (κ1) is 22.3. The normalized spacial score (nSPS) is 18.7. The molecule has 2 aromatic carbocycles. The number of amides is 3. The maximum Gasteiger partial charge on any atom is 0.325 e. The summed E-state index contributed by atoms with van der Waals surface area (Å²) in [6, 6.07) is 13.9. The third kappa shape index (κ3) is 4.23. The molecule has 1 fully saturated rings. The number of sulfonamides is 1. The molecule has 0 aliphatic carbocycles. The van der Waals surface area contributed by atoms with E-state index in [1.54, 1.807) is 31.2 Å². The number of urea groups is 1. The van der Waals surface area contributed by atoms with Gasteiger partial charge in [-0.3, -0.25) is 9.69 Å². The summed E-state index contributed by atoms with van der Waals surface area (Å²) in [5.41, 5.74) is -0.361. The van der Waals surface area contributed by atoms with Crippen molar-refractivity contribution in [3.8, 4) is 11.8 Å². The molecule has 0 bridgehead atoms. The molecule has 2 aromatic rings. The molecule has 9 nitrogen and oxygen atoms in total. The lowest BCUT2D eigenvalue weighted by atomic mass is 9.91. The second-order valence-corrected chi connectivity index (χ2v) is 9.46. The molecular weight excluding hydrogens is 420 g/mol. The number of carbonyl (C=O) groups excluding carboxylic acids is 2. The number of ether oxygens (including phenoxy) is 1. The molecule has 1 atom stereocenters. The fourth-order valence-corrected chi connectivity index (χ4v) is 4.07. The summed E-state index contributed by atoms with van der Waals surface area (Å²) in [4.78, 5) is 26.5. The van der Waals surface area contributed by atoms with Crippen molar-refractivity contribution in [1.82, 2.24) is 14.5 Å². The van der Waals surface area contributed by atoms with Gasteiger partial charge in [-0.1, -0.05) is 12.1 Å². The molecule has 1 aliphatic heterocycles. The number of rotatable bonds is 7. The van der Waals surface area contributed by atoms with Gasteiger partial charge in [0, 0.05) is 14.1 Å². The van der Waals surface area contributed by atoms with Crippen LogP contribution in [0.4, 0.5) is 4.79 Å². The van der Waals surface area contributed by atoms with Crippen molar-refractivity contribution >= 4 is 22.0 Å². The summed E-state index contributed by atoms with van der Waals surface area (Å²) in [6.07, 6.45) is 0. The highest BCUT2D eigenvalue weighted by Crippen LogP contribution is 2.29. The van der Waals surface area contributed by atoms with E-state index in [0.717, 1.165) is 9.21 Å². The lowest BCUT2D eigenvalue weighted by Crippen LogP contribution is -2.41. The fourth-order valence-electron chi connectivity index (χ4n) is 3.17. The van der Waals surface area contributed by atoms with E-state index in [4.69, 9.17) is 10.00 Å². The first-order chi connectivity index (χ1) is 14.6. The maximum atomic E-state index is 12.9. The lowest BCUT2D eigenvalue weighted by molar-refractivity contribution is -0.131. The summed E-state index contributed by atoms with van der Waals surface area (Å²) in [5, 5.41) is 11.8. The molecule has 31 heavy (non-hydrogen) atoms. The quantitative estimate of drug-likeness (QED) is 0.651. The average Bonchev–Trinajstić information content (AvgIpc) is 2.98. The van der Waals surface area contributed by atoms with Crippen molar-refractivity contribution in [2.75, 3.05) is 27.2 Å². The number of hydrogen-bond donors (Lipinski definition) is 1. The zero-order chi connectivity index (χ0) is 22.8. The summed E-state index contributed by atoms with van der Waals surface area (Å²) in [6.45, 7) is 1.64. The van der Waals surface area contributed by atoms with E-state index >= 15 is 0 Å². The van der Waals surface area contributed by atoms with Crippen LogP contribution in [0.5, 0.6) is 5.75 Å². The minimum Gasteiger partial charge on any atom is -0.492 e. The molecule has 0 saturated carbocycles. The van der Waals surface area contributed by atoms with Crippen LogP contribution in [-0.2, 0) is 20.4 Å². The van der Waals surface area contributed by atoms with Gasteiger partial charge >= 0.3 is 6.03 Å². The van der Waals surface area contributed by atoms with Crippen LogP contribution < -0.4 is 10.1 Å². The van der Waals surface area contributed by atoms with Crippen LogP contribution in [0.25, 0.3) is 0 Å². The molecule has 1 aliphatic rings. The van der Waals surface area contributed by atoms with Gasteiger partial charge in [-0.15, -0.1) is 0 Å². The minimum absolute atomic E-state index is 0.00987. The highest BCUT2D eigenvalue weighted by molar-refractivity contribution is 7.89. The van der Waals surface area contributed by atoms with Crippen LogP contribution >= 0.6 is 0 Å². The van der Waals surface area contributed by atoms with Crippen molar-refractivity contribution in [2.45, 2.75) is 17.4 Å². The number of nitrogens with one attached hydrogen (secondary N) is 1. The number of imide groups is 1. The standard InChI is InChI=1S/C21H22N4O5S/c1-21(16-6-4-5-15(13-16)14-22)19(26)25(20(27)23-21)11-12-30-17-7-9-18(10-8-17)31(28,29)24(2)3/h4-10,13H,11-12H2,1-3H3,(H,23,27)/t21-/m0/s1. The van der Waals surface area contributed by atoms with Crippen molar-refractivity contribution in [1.29, 1.82) is 5.26 Å². The maximum absolute atomic E-state index is 12.9. The molecule has 1 heterocycles. The number of hydrogen-bond acceptors (Lipinski definition) is 6. The van der Waals surface area contributed by atoms with E-state index in [1.807, 2.05) is 6.07 Å². The Kier molecular flexibility index (Phi) is 6.01. The van der Waals surface area contributed by atoms with Gasteiger partial charge < -0.3 is 10.1 Å². The van der Waals surface area contributed by atoms with E-state index in [2.05, 4.69) is 5.32 Å². The Labute approximate surface area is 180 Å². The highest BCUT2D eigenvalue weighted by atomic mass is 32.2. The molecule has 1 N–H and O–H groups in total. The van der Waals surface area contributed by atoms with Crippen LogP contribution in [0.3, 0.4) is 0 Å². The summed E-state index contributed by atoms with van der Waals surface area (Å²) >= 11 is 0. The van der Waals surface area contributed by atoms with Gasteiger partial charge in [-0.2, -0.15) is 5.26 Å². The van der Waals surface area contributed by atoms with Crippen LogP contribution in [0.1, 0.15) is 18.1 Å². The van der Waals surface area contributed by atoms with E-state index in [9.17, 15) is 18.0 Å². The van der Waals surface area contributed by atoms with Crippen molar-refractivity contribution in [2.24, 2.45) is 0 Å². The van der Waals surface area contributed by atoms with Crippen molar-refractivity contribution in [3.63, 3.8) is 0 Å². The molecular formula is C21H22N4O5S. The largest absolute Gasteiger partial charge is 0.492 e. The molecule has 0 spiro atoms. The zero-order valence-electron chi connectivity index (χ0n) is 17.3. The first-order valence-corrected chi connectivity index (χ1v) is 10.8. The van der Waals surface area contributed by atoms with Gasteiger partial charge in [-0.25, -0.2) is 17.5 Å². The van der Waals surface area contributed by atoms with Gasteiger partial charge in [0.05, 0.1) is 23.1 Å². The minimum atomic E-state index is -3.53. The van der Waals surface area contributed by atoms with Gasteiger partial charge in [0.2, 0.25) is 10.0 Å². The third-order valence-corrected chi connectivity index (χ3v) is 6.86. The van der Waals surface area contributed by atoms with Gasteiger partial charge in [0.15, 0.2) is 0 Å². The molecule has 3 amide bonds. The van der Waals surface area contributed by atoms with Crippen molar-refractivity contribution in [3.05, 3.63) is 59.7 Å². The molecule has 162 valence electrons. The molecule has 0 aromatic heterocycles. The molecule has 3 rings (SSSR count). The Balaban J connectivity index is 1.65. The van der Waals surface area contributed by atoms with Crippen molar-refractivity contribution < 1.29 is 22.7 Å². The summed E-state index contributed by atoms with van der Waals surface area (Å²) < 4.78 is 30.9. The molecule has 0 unspecified atom stereocenters. The second kappa shape index (κ2) is 8.37. The topological polar surface area (TPSA) is 120 Å². The number of carbonyl (C=O) groups is 2. The molecule has 1 saturated heterocycles. The molecule has 0 radical (unpaired) electrons. The number of nitriles is 1. The fraction of sp³-hybridized carbons (Fsp3) is 0.286. The van der Waals surface area contributed by atoms with Crippen LogP contribution in [0.15, 0.2) is 53.4 Å². The highest BCUT2D eigenvalue weighted by Gasteiger charge is 2.48. The summed E-state index contributed by atoms with van der Waals surface area (Å²) in [5.74, 6) is -0.0298. The second-order valence-electron chi connectivity index (χ2n) is 7.31. The van der Waals surface area contributed by atoms with Crippen LogP contribution in [-0.4, -0.2) is 56.8 Å². The van der Waals surface area contributed by atoms with E-state index < -0.39 is 27.5 Å². The van der Waals surface area contributed by atoms with E-state index in [1.165, 1.54) is 38.4 Å². The monoisotopic (exact) mass is 442 g/mol. The SMILES string of the molecule is CN(C)S(=O)(=O)c1ccc(OCCN2C(=O)N[C@@](C)(c3cccc(C#N)c3)C2=O)cc1. The number of nitrogens with zero attached hydrogens (tertiary/aromatic N) is 3. The Bertz CT molecular complexity index is 1160.